The number of aliphatic carboxylic acids is 1. The van der Waals surface area contributed by atoms with Crippen LogP contribution in [0.25, 0.3) is 0 Å². The van der Waals surface area contributed by atoms with E-state index in [4.69, 9.17) is 4.74 Å². The Hall–Kier alpha value is -2.34. The molecule has 0 spiro atoms. The third kappa shape index (κ3) is 3.53. The zero-order valence-corrected chi connectivity index (χ0v) is 14.2. The van der Waals surface area contributed by atoms with Crippen molar-refractivity contribution in [1.82, 2.24) is 14.7 Å². The fraction of sp³-hybridized carbons (Fsp3) is 0.412. The summed E-state index contributed by atoms with van der Waals surface area (Å²) in [6, 6.07) is 6.90. The molecule has 0 unspecified atom stereocenters. The first-order valence-electron chi connectivity index (χ1n) is 7.41. The third-order valence-electron chi connectivity index (χ3n) is 4.08. The van der Waals surface area contributed by atoms with Gasteiger partial charge in [-0.05, 0) is 38.6 Å². The maximum absolute atomic E-state index is 11.9. The van der Waals surface area contributed by atoms with E-state index in [0.717, 1.165) is 28.3 Å². The van der Waals surface area contributed by atoms with Crippen LogP contribution in [-0.4, -0.2) is 39.9 Å². The number of rotatable bonds is 6. The first-order valence-corrected chi connectivity index (χ1v) is 7.41. The second kappa shape index (κ2) is 6.83. The van der Waals surface area contributed by atoms with E-state index >= 15 is 0 Å². The number of methoxy groups -OCH3 is 1. The topological polar surface area (TPSA) is 67.6 Å². The summed E-state index contributed by atoms with van der Waals surface area (Å²) in [6.07, 6.45) is 0. The van der Waals surface area contributed by atoms with Gasteiger partial charge in [-0.25, -0.2) is 0 Å². The second-order valence-corrected chi connectivity index (χ2v) is 5.72. The average Bonchev–Trinajstić information content (AvgIpc) is 2.74. The first kappa shape index (κ1) is 17.0. The molecule has 0 aliphatic heterocycles. The van der Waals surface area contributed by atoms with Crippen LogP contribution in [0.2, 0.25) is 0 Å². The highest BCUT2D eigenvalue weighted by Gasteiger charge is 2.30. The molecule has 6 nitrogen and oxygen atoms in total. The van der Waals surface area contributed by atoms with Crippen LogP contribution in [-0.2, 0) is 18.4 Å². The summed E-state index contributed by atoms with van der Waals surface area (Å²) in [6.45, 7) is 4.24. The molecule has 1 aromatic heterocycles. The number of carboxylic acids is 1. The molecule has 1 atom stereocenters. The molecular formula is C17H23N3O3. The zero-order chi connectivity index (χ0) is 17.1. The molecule has 0 saturated carbocycles. The number of benzene rings is 1. The number of aromatic nitrogens is 2. The molecule has 1 aromatic carbocycles. The van der Waals surface area contributed by atoms with Gasteiger partial charge in [0, 0.05) is 24.8 Å². The van der Waals surface area contributed by atoms with Crippen LogP contribution in [0.3, 0.4) is 0 Å². The number of hydrogen-bond donors (Lipinski definition) is 1. The van der Waals surface area contributed by atoms with Crippen LogP contribution in [0.1, 0.15) is 28.6 Å². The summed E-state index contributed by atoms with van der Waals surface area (Å²) in [7, 11) is 5.25. The van der Waals surface area contributed by atoms with Crippen LogP contribution in [0, 0.1) is 13.8 Å². The van der Waals surface area contributed by atoms with E-state index < -0.39 is 12.0 Å². The van der Waals surface area contributed by atoms with E-state index in [0.29, 0.717) is 6.54 Å². The molecule has 124 valence electrons. The Balaban J connectivity index is 2.32. The molecule has 6 heteroatoms. The molecule has 0 radical (unpaired) electrons. The lowest BCUT2D eigenvalue weighted by atomic mass is 10.0. The molecule has 0 bridgehead atoms. The Labute approximate surface area is 136 Å². The molecule has 2 rings (SSSR count). The fourth-order valence-corrected chi connectivity index (χ4v) is 2.87. The predicted octanol–water partition coefficient (Wildman–Crippen LogP) is 2.30. The largest absolute Gasteiger partial charge is 0.497 e. The van der Waals surface area contributed by atoms with Crippen LogP contribution >= 0.6 is 0 Å². The van der Waals surface area contributed by atoms with Crippen molar-refractivity contribution in [2.24, 2.45) is 7.05 Å². The summed E-state index contributed by atoms with van der Waals surface area (Å²) in [5, 5.41) is 14.1. The second-order valence-electron chi connectivity index (χ2n) is 5.72. The molecule has 0 aliphatic rings. The van der Waals surface area contributed by atoms with E-state index in [-0.39, 0.29) is 0 Å². The Morgan fingerprint density at radius 1 is 1.43 bits per heavy atom. The van der Waals surface area contributed by atoms with Gasteiger partial charge in [-0.2, -0.15) is 5.10 Å². The van der Waals surface area contributed by atoms with Gasteiger partial charge in [-0.3, -0.25) is 14.4 Å². The van der Waals surface area contributed by atoms with Crippen LogP contribution < -0.4 is 4.74 Å². The van der Waals surface area contributed by atoms with Gasteiger partial charge in [0.15, 0.2) is 0 Å². The minimum Gasteiger partial charge on any atom is -0.497 e. The maximum Gasteiger partial charge on any atom is 0.325 e. The number of hydrogen-bond acceptors (Lipinski definition) is 4. The van der Waals surface area contributed by atoms with Gasteiger partial charge in [0.1, 0.15) is 11.8 Å². The summed E-state index contributed by atoms with van der Waals surface area (Å²) < 4.78 is 6.94. The number of likely N-dealkylation sites (N-methyl/N-ethyl adjacent to an activating group) is 1. The normalized spacial score (nSPS) is 12.4. The smallest absolute Gasteiger partial charge is 0.325 e. The van der Waals surface area contributed by atoms with Crippen molar-refractivity contribution >= 4 is 5.97 Å². The van der Waals surface area contributed by atoms with Gasteiger partial charge in [0.25, 0.3) is 0 Å². The fourth-order valence-electron chi connectivity index (χ4n) is 2.87. The lowest BCUT2D eigenvalue weighted by molar-refractivity contribution is -0.143. The lowest BCUT2D eigenvalue weighted by Gasteiger charge is -2.25. The van der Waals surface area contributed by atoms with E-state index in [9.17, 15) is 9.90 Å². The number of carboxylic acid groups (broad SMARTS) is 1. The van der Waals surface area contributed by atoms with Crippen molar-refractivity contribution in [3.63, 3.8) is 0 Å². The van der Waals surface area contributed by atoms with Crippen molar-refractivity contribution < 1.29 is 14.6 Å². The number of carbonyl (C=O) groups is 1. The average molecular weight is 317 g/mol. The lowest BCUT2D eigenvalue weighted by Crippen LogP contribution is -2.31. The van der Waals surface area contributed by atoms with Crippen molar-refractivity contribution in [2.75, 3.05) is 14.2 Å². The van der Waals surface area contributed by atoms with Gasteiger partial charge in [0.2, 0.25) is 0 Å². The molecule has 0 aliphatic carbocycles. The maximum atomic E-state index is 11.9. The van der Waals surface area contributed by atoms with Crippen LogP contribution in [0.4, 0.5) is 0 Å². The van der Waals surface area contributed by atoms with Gasteiger partial charge in [-0.15, -0.1) is 0 Å². The van der Waals surface area contributed by atoms with Crippen molar-refractivity contribution in [2.45, 2.75) is 26.4 Å². The standard InChI is InChI=1S/C17H23N3O3/c1-11-15(12(2)20(4)18-11)16(17(21)22)19(3)10-13-7-6-8-14(9-13)23-5/h6-9,16H,10H2,1-5H3,(H,21,22)/t16-/m1/s1. The number of ether oxygens (including phenoxy) is 1. The first-order chi connectivity index (χ1) is 10.8. The van der Waals surface area contributed by atoms with E-state index in [2.05, 4.69) is 5.10 Å². The molecule has 0 fully saturated rings. The molecular weight excluding hydrogens is 294 g/mol. The monoisotopic (exact) mass is 317 g/mol. The SMILES string of the molecule is COc1cccc(CN(C)[C@@H](C(=O)O)c2c(C)nn(C)c2C)c1. The molecule has 1 heterocycles. The summed E-state index contributed by atoms with van der Waals surface area (Å²) >= 11 is 0. The van der Waals surface area contributed by atoms with Crippen LogP contribution in [0.15, 0.2) is 24.3 Å². The minimum atomic E-state index is -0.880. The Bertz CT molecular complexity index is 709. The van der Waals surface area contributed by atoms with Crippen molar-refractivity contribution in [1.29, 1.82) is 0 Å². The van der Waals surface area contributed by atoms with Gasteiger partial charge in [-0.1, -0.05) is 12.1 Å². The molecule has 2 aromatic rings. The highest BCUT2D eigenvalue weighted by atomic mass is 16.5. The highest BCUT2D eigenvalue weighted by Crippen LogP contribution is 2.27. The van der Waals surface area contributed by atoms with Crippen molar-refractivity contribution in [3.05, 3.63) is 46.8 Å². The van der Waals surface area contributed by atoms with E-state index in [1.165, 1.54) is 0 Å². The number of nitrogens with zero attached hydrogens (tertiary/aromatic N) is 3. The highest BCUT2D eigenvalue weighted by molar-refractivity contribution is 5.76. The molecule has 23 heavy (non-hydrogen) atoms. The van der Waals surface area contributed by atoms with Crippen LogP contribution in [0.5, 0.6) is 5.75 Å². The van der Waals surface area contributed by atoms with Gasteiger partial charge in [0.05, 0.1) is 12.8 Å². The zero-order valence-electron chi connectivity index (χ0n) is 14.2. The summed E-state index contributed by atoms with van der Waals surface area (Å²) in [5.41, 5.74) is 3.37. The van der Waals surface area contributed by atoms with E-state index in [1.807, 2.05) is 57.1 Å². The number of aryl methyl sites for hydroxylation is 2. The Morgan fingerprint density at radius 3 is 2.65 bits per heavy atom. The Morgan fingerprint density at radius 2 is 2.13 bits per heavy atom. The van der Waals surface area contributed by atoms with Crippen molar-refractivity contribution in [3.8, 4) is 5.75 Å². The minimum absolute atomic E-state index is 0.502. The molecule has 1 N–H and O–H groups in total. The summed E-state index contributed by atoms with van der Waals surface area (Å²) in [5.74, 6) is -0.119. The third-order valence-corrected chi connectivity index (χ3v) is 4.08. The Kier molecular flexibility index (Phi) is 5.05. The molecule has 0 saturated heterocycles. The van der Waals surface area contributed by atoms with Gasteiger partial charge >= 0.3 is 5.97 Å². The summed E-state index contributed by atoms with van der Waals surface area (Å²) in [4.78, 5) is 13.7. The van der Waals surface area contributed by atoms with E-state index in [1.54, 1.807) is 11.8 Å². The predicted molar refractivity (Wildman–Crippen MR) is 87.5 cm³/mol. The quantitative estimate of drug-likeness (QED) is 0.885. The van der Waals surface area contributed by atoms with Gasteiger partial charge < -0.3 is 9.84 Å². The molecule has 0 amide bonds.